The molecule has 2 aliphatic carbocycles. The van der Waals surface area contributed by atoms with Crippen molar-refractivity contribution in [3.05, 3.63) is 56.0 Å². The summed E-state index contributed by atoms with van der Waals surface area (Å²) in [5.41, 5.74) is 5.91. The molecule has 0 amide bonds. The average Bonchev–Trinajstić information content (AvgIpc) is 2.67. The van der Waals surface area contributed by atoms with E-state index in [1.54, 1.807) is 0 Å². The van der Waals surface area contributed by atoms with E-state index in [0.29, 0.717) is 6.42 Å². The molecule has 1 unspecified atom stereocenters. The summed E-state index contributed by atoms with van der Waals surface area (Å²) in [6.07, 6.45) is 1.52. The molecule has 1 atom stereocenters. The van der Waals surface area contributed by atoms with Crippen molar-refractivity contribution in [1.82, 2.24) is 0 Å². The van der Waals surface area contributed by atoms with Gasteiger partial charge in [-0.2, -0.15) is 0 Å². The Morgan fingerprint density at radius 3 is 2.65 bits per heavy atom. The molecule has 100 valence electrons. The average molecular weight is 392 g/mol. The molecule has 20 heavy (non-hydrogen) atoms. The first-order chi connectivity index (χ1) is 9.52. The summed E-state index contributed by atoms with van der Waals surface area (Å²) in [6.45, 7) is 2.27. The Morgan fingerprint density at radius 1 is 1.10 bits per heavy atom. The van der Waals surface area contributed by atoms with Gasteiger partial charge < -0.3 is 0 Å². The molecule has 1 nitrogen and oxygen atoms in total. The van der Waals surface area contributed by atoms with Crippen molar-refractivity contribution < 1.29 is 4.79 Å². The topological polar surface area (TPSA) is 17.1 Å². The molecule has 0 heterocycles. The Hall–Kier alpha value is -0.930. The maximum Gasteiger partial charge on any atom is 0.164 e. The summed E-state index contributed by atoms with van der Waals surface area (Å²) in [6, 6.07) is 10.6. The molecular weight excluding hydrogens is 380 g/mol. The van der Waals surface area contributed by atoms with Crippen molar-refractivity contribution in [2.24, 2.45) is 0 Å². The molecule has 0 bridgehead atoms. The van der Waals surface area contributed by atoms with E-state index in [4.69, 9.17) is 0 Å². The van der Waals surface area contributed by atoms with Gasteiger partial charge in [-0.15, -0.1) is 0 Å². The number of ketones is 1. The van der Waals surface area contributed by atoms with E-state index in [1.165, 1.54) is 22.3 Å². The van der Waals surface area contributed by atoms with E-state index in [0.717, 1.165) is 20.9 Å². The Morgan fingerprint density at radius 2 is 1.85 bits per heavy atom. The number of halogens is 2. The van der Waals surface area contributed by atoms with Crippen LogP contribution in [0.5, 0.6) is 0 Å². The van der Waals surface area contributed by atoms with E-state index in [1.807, 2.05) is 6.07 Å². The monoisotopic (exact) mass is 390 g/mol. The van der Waals surface area contributed by atoms with Crippen LogP contribution >= 0.6 is 31.9 Å². The lowest BCUT2D eigenvalue weighted by Crippen LogP contribution is -2.29. The maximum absolute atomic E-state index is 12.4. The van der Waals surface area contributed by atoms with Crippen LogP contribution in [-0.2, 0) is 5.41 Å². The molecule has 0 aromatic heterocycles. The van der Waals surface area contributed by atoms with Gasteiger partial charge in [-0.05, 0) is 46.9 Å². The van der Waals surface area contributed by atoms with Gasteiger partial charge in [-0.1, -0.05) is 50.9 Å². The van der Waals surface area contributed by atoms with Gasteiger partial charge in [-0.3, -0.25) is 4.79 Å². The lowest BCUT2D eigenvalue weighted by Gasteiger charge is -2.33. The van der Waals surface area contributed by atoms with Gasteiger partial charge in [0.05, 0.1) is 0 Å². The van der Waals surface area contributed by atoms with Crippen LogP contribution in [0.4, 0.5) is 0 Å². The molecule has 3 heteroatoms. The molecule has 2 aliphatic rings. The highest BCUT2D eigenvalue weighted by Crippen LogP contribution is 2.56. The predicted octanol–water partition coefficient (Wildman–Crippen LogP) is 5.47. The van der Waals surface area contributed by atoms with Gasteiger partial charge >= 0.3 is 0 Å². The molecule has 0 saturated carbocycles. The van der Waals surface area contributed by atoms with Crippen molar-refractivity contribution in [2.75, 3.05) is 0 Å². The van der Waals surface area contributed by atoms with Crippen LogP contribution in [0.1, 0.15) is 41.3 Å². The third kappa shape index (κ3) is 1.45. The summed E-state index contributed by atoms with van der Waals surface area (Å²) in [7, 11) is 0. The minimum Gasteiger partial charge on any atom is -0.294 e. The van der Waals surface area contributed by atoms with Gasteiger partial charge in [0.15, 0.2) is 5.78 Å². The Bertz CT molecular complexity index is 779. The van der Waals surface area contributed by atoms with Crippen molar-refractivity contribution >= 4 is 37.6 Å². The van der Waals surface area contributed by atoms with Gasteiger partial charge in [0.2, 0.25) is 0 Å². The number of hydrogen-bond acceptors (Lipinski definition) is 1. The summed E-state index contributed by atoms with van der Waals surface area (Å²) in [5, 5.41) is 0. The van der Waals surface area contributed by atoms with Crippen molar-refractivity contribution in [1.29, 1.82) is 0 Å². The Labute approximate surface area is 134 Å². The summed E-state index contributed by atoms with van der Waals surface area (Å²) < 4.78 is 2.03. The number of fused-ring (bicyclic) bond motifs is 3. The largest absolute Gasteiger partial charge is 0.294 e. The van der Waals surface area contributed by atoms with Crippen LogP contribution in [0.3, 0.4) is 0 Å². The van der Waals surface area contributed by atoms with E-state index in [9.17, 15) is 4.79 Å². The zero-order valence-electron chi connectivity index (χ0n) is 11.0. The number of benzene rings is 2. The van der Waals surface area contributed by atoms with Crippen LogP contribution in [0.15, 0.2) is 39.3 Å². The smallest absolute Gasteiger partial charge is 0.164 e. The zero-order valence-corrected chi connectivity index (χ0v) is 14.1. The van der Waals surface area contributed by atoms with E-state index >= 15 is 0 Å². The first-order valence-corrected chi connectivity index (χ1v) is 8.27. The molecule has 0 saturated heterocycles. The summed E-state index contributed by atoms with van der Waals surface area (Å²) >= 11 is 7.14. The van der Waals surface area contributed by atoms with Crippen molar-refractivity contribution in [3.8, 4) is 11.1 Å². The highest BCUT2D eigenvalue weighted by atomic mass is 79.9. The molecular formula is C17H12Br2O. The Balaban J connectivity index is 2.16. The van der Waals surface area contributed by atoms with E-state index < -0.39 is 0 Å². The van der Waals surface area contributed by atoms with Crippen LogP contribution < -0.4 is 0 Å². The van der Waals surface area contributed by atoms with E-state index in [2.05, 4.69) is 63.0 Å². The minimum atomic E-state index is -0.0402. The van der Waals surface area contributed by atoms with Gasteiger partial charge in [0.1, 0.15) is 0 Å². The van der Waals surface area contributed by atoms with Gasteiger partial charge in [0.25, 0.3) is 0 Å². The zero-order chi connectivity index (χ0) is 14.1. The second-order valence-electron chi connectivity index (χ2n) is 5.79. The quantitative estimate of drug-likeness (QED) is 0.581. The predicted molar refractivity (Wildman–Crippen MR) is 87.3 cm³/mol. The lowest BCUT2D eigenvalue weighted by atomic mass is 9.70. The van der Waals surface area contributed by atoms with Crippen molar-refractivity contribution in [2.45, 2.75) is 25.2 Å². The first-order valence-electron chi connectivity index (χ1n) is 6.69. The van der Waals surface area contributed by atoms with Crippen LogP contribution in [-0.4, -0.2) is 5.78 Å². The lowest BCUT2D eigenvalue weighted by molar-refractivity contribution is 0.0960. The van der Waals surface area contributed by atoms with Gasteiger partial charge in [0, 0.05) is 26.3 Å². The standard InChI is InChI=1S/C17H12Br2O/c1-17-7-6-14(20)15-13(19)5-4-11(16(15)17)10-3-2-9(18)8-12(10)17/h2-5,8H,6-7H2,1H3. The second-order valence-corrected chi connectivity index (χ2v) is 7.56. The van der Waals surface area contributed by atoms with Gasteiger partial charge in [-0.25, -0.2) is 0 Å². The SMILES string of the molecule is CC12CCC(=O)c3c(Br)ccc(c31)-c1ccc(Br)cc12. The number of hydrogen-bond donors (Lipinski definition) is 0. The maximum atomic E-state index is 12.4. The molecule has 0 radical (unpaired) electrons. The van der Waals surface area contributed by atoms with Crippen molar-refractivity contribution in [3.63, 3.8) is 0 Å². The number of rotatable bonds is 0. The molecule has 4 rings (SSSR count). The van der Waals surface area contributed by atoms with Crippen LogP contribution in [0.2, 0.25) is 0 Å². The Kier molecular flexibility index (Phi) is 2.59. The third-order valence-corrected chi connectivity index (χ3v) is 5.86. The molecule has 0 spiro atoms. The minimum absolute atomic E-state index is 0.0402. The number of carbonyl (C=O) groups is 1. The number of Topliss-reactive ketones (excluding diaryl/α,β-unsaturated/α-hetero) is 1. The molecule has 0 N–H and O–H groups in total. The van der Waals surface area contributed by atoms with Crippen LogP contribution in [0, 0.1) is 0 Å². The number of carbonyl (C=O) groups excluding carboxylic acids is 1. The molecule has 0 fully saturated rings. The molecule has 2 aromatic carbocycles. The summed E-state index contributed by atoms with van der Waals surface area (Å²) in [5.74, 6) is 0.262. The van der Waals surface area contributed by atoms with Crippen LogP contribution in [0.25, 0.3) is 11.1 Å². The fourth-order valence-corrected chi connectivity index (χ4v) is 4.65. The second kappa shape index (κ2) is 4.05. The third-order valence-electron chi connectivity index (χ3n) is 4.70. The fraction of sp³-hybridized carbons (Fsp3) is 0.235. The highest BCUT2D eigenvalue weighted by Gasteiger charge is 2.45. The molecule has 0 aliphatic heterocycles. The summed E-state index contributed by atoms with van der Waals surface area (Å²) in [4.78, 5) is 12.4. The normalized spacial score (nSPS) is 22.6. The fourth-order valence-electron chi connectivity index (χ4n) is 3.74. The van der Waals surface area contributed by atoms with E-state index in [-0.39, 0.29) is 11.2 Å². The highest BCUT2D eigenvalue weighted by molar-refractivity contribution is 9.10. The molecule has 2 aromatic rings. The first kappa shape index (κ1) is 12.8.